The Bertz CT molecular complexity index is 294. The smallest absolute Gasteiger partial charge is 0.120 e. The summed E-state index contributed by atoms with van der Waals surface area (Å²) in [6.07, 6.45) is 3.44. The molecule has 2 nitrogen and oxygen atoms in total. The molecule has 0 aliphatic heterocycles. The zero-order chi connectivity index (χ0) is 10.6. The maximum atomic E-state index is 9.55. The van der Waals surface area contributed by atoms with Crippen LogP contribution in [0.4, 0.5) is 0 Å². The van der Waals surface area contributed by atoms with Crippen LogP contribution in [0.25, 0.3) is 0 Å². The van der Waals surface area contributed by atoms with E-state index in [2.05, 4.69) is 6.92 Å². The molecule has 1 atom stereocenters. The molecule has 0 radical (unpaired) electrons. The van der Waals surface area contributed by atoms with E-state index in [4.69, 9.17) is 5.73 Å². The second kappa shape index (κ2) is 5.01. The maximum Gasteiger partial charge on any atom is 0.120 e. The van der Waals surface area contributed by atoms with E-state index in [1.54, 1.807) is 6.07 Å². The highest BCUT2D eigenvalue weighted by Gasteiger charge is 2.06. The fraction of sp³-hybridized carbons (Fsp3) is 0.500. The van der Waals surface area contributed by atoms with E-state index >= 15 is 0 Å². The summed E-state index contributed by atoms with van der Waals surface area (Å²) in [7, 11) is 0. The molecule has 0 spiro atoms. The summed E-state index contributed by atoms with van der Waals surface area (Å²) >= 11 is 0. The van der Waals surface area contributed by atoms with Crippen molar-refractivity contribution in [3.63, 3.8) is 0 Å². The summed E-state index contributed by atoms with van der Waals surface area (Å²) in [4.78, 5) is 0. The van der Waals surface area contributed by atoms with E-state index in [-0.39, 0.29) is 6.04 Å². The summed E-state index contributed by atoms with van der Waals surface area (Å²) < 4.78 is 0. The van der Waals surface area contributed by atoms with Gasteiger partial charge in [-0.2, -0.15) is 0 Å². The standard InChI is InChI=1S/C12H19NO/c1-3-4-5-10-6-7-12(14)11(8-10)9(2)13/h6-9,14H,3-5,13H2,1-2H3. The lowest BCUT2D eigenvalue weighted by Crippen LogP contribution is -2.05. The van der Waals surface area contributed by atoms with Gasteiger partial charge in [-0.05, 0) is 31.4 Å². The first-order valence-electron chi connectivity index (χ1n) is 5.22. The number of hydrogen-bond acceptors (Lipinski definition) is 2. The third-order valence-corrected chi connectivity index (χ3v) is 2.40. The van der Waals surface area contributed by atoms with Gasteiger partial charge < -0.3 is 10.8 Å². The summed E-state index contributed by atoms with van der Waals surface area (Å²) in [5.74, 6) is 0.306. The van der Waals surface area contributed by atoms with Gasteiger partial charge in [0, 0.05) is 11.6 Å². The van der Waals surface area contributed by atoms with Crippen molar-refractivity contribution >= 4 is 0 Å². The molecule has 0 saturated carbocycles. The Morgan fingerprint density at radius 1 is 1.43 bits per heavy atom. The normalized spacial score (nSPS) is 12.8. The van der Waals surface area contributed by atoms with Gasteiger partial charge in [-0.1, -0.05) is 25.5 Å². The lowest BCUT2D eigenvalue weighted by molar-refractivity contribution is 0.463. The predicted octanol–water partition coefficient (Wildman–Crippen LogP) is 2.75. The molecule has 1 unspecified atom stereocenters. The molecule has 2 heteroatoms. The number of phenolic OH excluding ortho intramolecular Hbond substituents is 1. The number of aromatic hydroxyl groups is 1. The van der Waals surface area contributed by atoms with E-state index in [0.29, 0.717) is 5.75 Å². The van der Waals surface area contributed by atoms with E-state index in [1.165, 1.54) is 18.4 Å². The number of phenols is 1. The van der Waals surface area contributed by atoms with Crippen molar-refractivity contribution in [2.45, 2.75) is 39.2 Å². The van der Waals surface area contributed by atoms with Crippen molar-refractivity contribution in [2.24, 2.45) is 5.73 Å². The number of aryl methyl sites for hydroxylation is 1. The van der Waals surface area contributed by atoms with Crippen molar-refractivity contribution in [3.8, 4) is 5.75 Å². The average Bonchev–Trinajstić information content (AvgIpc) is 2.16. The first-order valence-corrected chi connectivity index (χ1v) is 5.22. The molecule has 1 aromatic carbocycles. The highest BCUT2D eigenvalue weighted by atomic mass is 16.3. The lowest BCUT2D eigenvalue weighted by atomic mass is 10.0. The third-order valence-electron chi connectivity index (χ3n) is 2.40. The monoisotopic (exact) mass is 193 g/mol. The Balaban J connectivity index is 2.83. The molecule has 0 aliphatic carbocycles. The number of unbranched alkanes of at least 4 members (excludes halogenated alkanes) is 1. The second-order valence-electron chi connectivity index (χ2n) is 3.79. The highest BCUT2D eigenvalue weighted by molar-refractivity contribution is 5.38. The quantitative estimate of drug-likeness (QED) is 0.772. The Labute approximate surface area is 85.8 Å². The molecule has 1 rings (SSSR count). The van der Waals surface area contributed by atoms with Gasteiger partial charge in [-0.25, -0.2) is 0 Å². The average molecular weight is 193 g/mol. The van der Waals surface area contributed by atoms with Gasteiger partial charge in [0.15, 0.2) is 0 Å². The van der Waals surface area contributed by atoms with E-state index < -0.39 is 0 Å². The van der Waals surface area contributed by atoms with Gasteiger partial charge in [0.05, 0.1) is 0 Å². The van der Waals surface area contributed by atoms with Crippen molar-refractivity contribution < 1.29 is 5.11 Å². The molecule has 78 valence electrons. The minimum Gasteiger partial charge on any atom is -0.508 e. The number of hydrogen-bond donors (Lipinski definition) is 2. The van der Waals surface area contributed by atoms with Crippen molar-refractivity contribution in [1.29, 1.82) is 0 Å². The van der Waals surface area contributed by atoms with E-state index in [0.717, 1.165) is 12.0 Å². The summed E-state index contributed by atoms with van der Waals surface area (Å²) in [5.41, 5.74) is 7.86. The van der Waals surface area contributed by atoms with Crippen LogP contribution in [-0.4, -0.2) is 5.11 Å². The topological polar surface area (TPSA) is 46.2 Å². The Morgan fingerprint density at radius 3 is 2.71 bits per heavy atom. The van der Waals surface area contributed by atoms with Crippen LogP contribution in [0.5, 0.6) is 5.75 Å². The molecule has 0 amide bonds. The SMILES string of the molecule is CCCCc1ccc(O)c(C(C)N)c1. The molecule has 1 aromatic rings. The highest BCUT2D eigenvalue weighted by Crippen LogP contribution is 2.24. The lowest BCUT2D eigenvalue weighted by Gasteiger charge is -2.10. The molecule has 0 fully saturated rings. The molecular weight excluding hydrogens is 174 g/mol. The number of nitrogens with two attached hydrogens (primary N) is 1. The van der Waals surface area contributed by atoms with E-state index in [1.807, 2.05) is 19.1 Å². The largest absolute Gasteiger partial charge is 0.508 e. The fourth-order valence-electron chi connectivity index (χ4n) is 1.51. The molecule has 0 heterocycles. The molecule has 3 N–H and O–H groups in total. The van der Waals surface area contributed by atoms with Crippen molar-refractivity contribution in [1.82, 2.24) is 0 Å². The zero-order valence-electron chi connectivity index (χ0n) is 8.96. The van der Waals surface area contributed by atoms with Crippen LogP contribution in [0.1, 0.15) is 43.9 Å². The van der Waals surface area contributed by atoms with Crippen LogP contribution in [0.15, 0.2) is 18.2 Å². The zero-order valence-corrected chi connectivity index (χ0v) is 8.96. The Kier molecular flexibility index (Phi) is 3.96. The van der Waals surface area contributed by atoms with Crippen LogP contribution >= 0.6 is 0 Å². The fourth-order valence-corrected chi connectivity index (χ4v) is 1.51. The third kappa shape index (κ3) is 2.74. The minimum absolute atomic E-state index is 0.100. The summed E-state index contributed by atoms with van der Waals surface area (Å²) in [6, 6.07) is 5.62. The first kappa shape index (κ1) is 11.1. The van der Waals surface area contributed by atoms with Crippen molar-refractivity contribution in [2.75, 3.05) is 0 Å². The van der Waals surface area contributed by atoms with Crippen LogP contribution in [0.3, 0.4) is 0 Å². The molecule has 14 heavy (non-hydrogen) atoms. The molecule has 0 bridgehead atoms. The predicted molar refractivity (Wildman–Crippen MR) is 59.3 cm³/mol. The number of rotatable bonds is 4. The second-order valence-corrected chi connectivity index (χ2v) is 3.79. The molecule has 0 aromatic heterocycles. The Morgan fingerprint density at radius 2 is 2.14 bits per heavy atom. The molecular formula is C12H19NO. The molecule has 0 saturated heterocycles. The van der Waals surface area contributed by atoms with Gasteiger partial charge in [0.2, 0.25) is 0 Å². The summed E-state index contributed by atoms with van der Waals surface area (Å²) in [5, 5.41) is 9.55. The van der Waals surface area contributed by atoms with E-state index in [9.17, 15) is 5.11 Å². The van der Waals surface area contributed by atoms with Crippen LogP contribution in [0, 0.1) is 0 Å². The van der Waals surface area contributed by atoms with Gasteiger partial charge >= 0.3 is 0 Å². The van der Waals surface area contributed by atoms with Gasteiger partial charge in [0.1, 0.15) is 5.75 Å². The van der Waals surface area contributed by atoms with Crippen LogP contribution in [0.2, 0.25) is 0 Å². The molecule has 0 aliphatic rings. The minimum atomic E-state index is -0.100. The first-order chi connectivity index (χ1) is 6.65. The van der Waals surface area contributed by atoms with Gasteiger partial charge in [-0.15, -0.1) is 0 Å². The van der Waals surface area contributed by atoms with Crippen LogP contribution < -0.4 is 5.73 Å². The van der Waals surface area contributed by atoms with Crippen LogP contribution in [-0.2, 0) is 6.42 Å². The Hall–Kier alpha value is -1.02. The van der Waals surface area contributed by atoms with Gasteiger partial charge in [0.25, 0.3) is 0 Å². The van der Waals surface area contributed by atoms with Gasteiger partial charge in [-0.3, -0.25) is 0 Å². The summed E-state index contributed by atoms with van der Waals surface area (Å²) in [6.45, 7) is 4.06. The maximum absolute atomic E-state index is 9.55. The van der Waals surface area contributed by atoms with Crippen molar-refractivity contribution in [3.05, 3.63) is 29.3 Å². The number of benzene rings is 1.